The fraction of sp³-hybridized carbons (Fsp3) is 0.417. The van der Waals surface area contributed by atoms with E-state index in [1.165, 1.54) is 18.2 Å². The Labute approximate surface area is 113 Å². The number of aliphatic hydroxyl groups is 1. The molecule has 18 heavy (non-hydrogen) atoms. The number of benzene rings is 1. The van der Waals surface area contributed by atoms with E-state index in [-0.39, 0.29) is 11.8 Å². The number of hydrogen-bond acceptors (Lipinski definition) is 2. The van der Waals surface area contributed by atoms with Crippen molar-refractivity contribution < 1.29 is 14.3 Å². The molecule has 1 aliphatic rings. The lowest BCUT2D eigenvalue weighted by Crippen LogP contribution is -2.44. The van der Waals surface area contributed by atoms with Crippen LogP contribution in [0.2, 0.25) is 0 Å². The molecule has 0 saturated carbocycles. The van der Waals surface area contributed by atoms with Crippen molar-refractivity contribution in [1.29, 1.82) is 0 Å². The van der Waals surface area contributed by atoms with E-state index < -0.39 is 6.10 Å². The number of nitrogens with one attached hydrogen (secondary N) is 1. The van der Waals surface area contributed by atoms with Crippen LogP contribution in [0.1, 0.15) is 12.8 Å². The fourth-order valence-electron chi connectivity index (χ4n) is 1.92. The van der Waals surface area contributed by atoms with Gasteiger partial charge in [-0.2, -0.15) is 0 Å². The number of aliphatic hydroxyl groups excluding tert-OH is 1. The molecule has 0 aromatic heterocycles. The summed E-state index contributed by atoms with van der Waals surface area (Å²) in [5.74, 6) is -0.367. The number of piperidine rings is 1. The van der Waals surface area contributed by atoms with Gasteiger partial charge in [-0.25, -0.2) is 9.18 Å². The van der Waals surface area contributed by atoms with Crippen molar-refractivity contribution in [3.05, 3.63) is 28.5 Å². The van der Waals surface area contributed by atoms with Crippen LogP contribution in [-0.2, 0) is 0 Å². The third kappa shape index (κ3) is 3.20. The molecule has 1 atom stereocenters. The first-order valence-electron chi connectivity index (χ1n) is 5.75. The normalized spacial score (nSPS) is 19.7. The second kappa shape index (κ2) is 5.67. The number of amides is 2. The number of rotatable bonds is 1. The van der Waals surface area contributed by atoms with Crippen LogP contribution in [0.15, 0.2) is 22.7 Å². The number of carbonyl (C=O) groups excluding carboxylic acids is 1. The third-order valence-electron chi connectivity index (χ3n) is 2.86. The number of β-amino-alcohol motifs (C(OH)–C–C–N with tert-alkyl or cyclic N) is 1. The number of anilines is 1. The first-order chi connectivity index (χ1) is 8.56. The van der Waals surface area contributed by atoms with Crippen molar-refractivity contribution >= 4 is 27.6 Å². The molecule has 1 aliphatic heterocycles. The van der Waals surface area contributed by atoms with Crippen molar-refractivity contribution in [1.82, 2.24) is 4.90 Å². The average molecular weight is 317 g/mol. The Morgan fingerprint density at radius 1 is 1.56 bits per heavy atom. The molecule has 4 nitrogen and oxygen atoms in total. The summed E-state index contributed by atoms with van der Waals surface area (Å²) in [4.78, 5) is 13.5. The molecule has 0 radical (unpaired) electrons. The minimum absolute atomic E-state index is 0.277. The molecule has 6 heteroatoms. The molecule has 1 saturated heterocycles. The maximum atomic E-state index is 12.9. The zero-order chi connectivity index (χ0) is 13.1. The van der Waals surface area contributed by atoms with Crippen molar-refractivity contribution in [2.24, 2.45) is 0 Å². The van der Waals surface area contributed by atoms with Gasteiger partial charge in [0.25, 0.3) is 0 Å². The van der Waals surface area contributed by atoms with E-state index in [0.29, 0.717) is 23.2 Å². The summed E-state index contributed by atoms with van der Waals surface area (Å²) in [6.45, 7) is 0.965. The molecule has 0 bridgehead atoms. The first kappa shape index (κ1) is 13.3. The monoisotopic (exact) mass is 316 g/mol. The summed E-state index contributed by atoms with van der Waals surface area (Å²) < 4.78 is 13.4. The van der Waals surface area contributed by atoms with Crippen LogP contribution in [0.4, 0.5) is 14.9 Å². The van der Waals surface area contributed by atoms with Crippen molar-refractivity contribution in [3.8, 4) is 0 Å². The van der Waals surface area contributed by atoms with Gasteiger partial charge in [-0.15, -0.1) is 0 Å². The summed E-state index contributed by atoms with van der Waals surface area (Å²) in [5.41, 5.74) is 0.515. The highest BCUT2D eigenvalue weighted by atomic mass is 79.9. The van der Waals surface area contributed by atoms with Gasteiger partial charge in [0.15, 0.2) is 0 Å². The second-order valence-electron chi connectivity index (χ2n) is 4.30. The van der Waals surface area contributed by atoms with E-state index in [4.69, 9.17) is 0 Å². The summed E-state index contributed by atoms with van der Waals surface area (Å²) in [7, 11) is 0. The molecule has 1 fully saturated rings. The van der Waals surface area contributed by atoms with Crippen LogP contribution >= 0.6 is 15.9 Å². The number of hydrogen-bond donors (Lipinski definition) is 2. The number of urea groups is 1. The third-order valence-corrected chi connectivity index (χ3v) is 3.51. The molecular weight excluding hydrogens is 303 g/mol. The molecular formula is C12H14BrFN2O2. The highest BCUT2D eigenvalue weighted by molar-refractivity contribution is 9.10. The van der Waals surface area contributed by atoms with Gasteiger partial charge >= 0.3 is 6.03 Å². The number of likely N-dealkylation sites (tertiary alicyclic amines) is 1. The van der Waals surface area contributed by atoms with Gasteiger partial charge in [-0.1, -0.05) is 0 Å². The van der Waals surface area contributed by atoms with E-state index in [0.717, 1.165) is 12.8 Å². The summed E-state index contributed by atoms with van der Waals surface area (Å²) in [6.07, 6.45) is 1.06. The lowest BCUT2D eigenvalue weighted by atomic mass is 10.1. The highest BCUT2D eigenvalue weighted by Gasteiger charge is 2.22. The van der Waals surface area contributed by atoms with Crippen molar-refractivity contribution in [2.45, 2.75) is 18.9 Å². The Hall–Kier alpha value is -1.14. The number of carbonyl (C=O) groups is 1. The zero-order valence-electron chi connectivity index (χ0n) is 9.70. The van der Waals surface area contributed by atoms with E-state index in [1.54, 1.807) is 4.90 Å². The van der Waals surface area contributed by atoms with Gasteiger partial charge < -0.3 is 15.3 Å². The molecule has 2 amide bonds. The molecule has 0 aliphatic carbocycles. The fourth-order valence-corrected chi connectivity index (χ4v) is 2.37. The maximum Gasteiger partial charge on any atom is 0.321 e. The minimum Gasteiger partial charge on any atom is -0.391 e. The van der Waals surface area contributed by atoms with Gasteiger partial charge in [0.05, 0.1) is 11.8 Å². The lowest BCUT2D eigenvalue weighted by Gasteiger charge is -2.30. The quantitative estimate of drug-likeness (QED) is 0.836. The average Bonchev–Trinajstić information content (AvgIpc) is 2.32. The van der Waals surface area contributed by atoms with Gasteiger partial charge in [-0.05, 0) is 47.0 Å². The topological polar surface area (TPSA) is 52.6 Å². The van der Waals surface area contributed by atoms with Crippen LogP contribution in [-0.4, -0.2) is 35.2 Å². The standard InChI is InChI=1S/C12H14BrFN2O2/c13-10-6-8(14)3-4-11(10)15-12(18)16-5-1-2-9(17)7-16/h3-4,6,9,17H,1-2,5,7H2,(H,15,18). The largest absolute Gasteiger partial charge is 0.391 e. The van der Waals surface area contributed by atoms with E-state index in [9.17, 15) is 14.3 Å². The maximum absolute atomic E-state index is 12.9. The van der Waals surface area contributed by atoms with E-state index in [1.807, 2.05) is 0 Å². The summed E-state index contributed by atoms with van der Waals surface area (Å²) >= 11 is 3.19. The summed E-state index contributed by atoms with van der Waals surface area (Å²) in [6, 6.07) is 3.80. The van der Waals surface area contributed by atoms with Gasteiger partial charge in [-0.3, -0.25) is 0 Å². The number of halogens is 2. The van der Waals surface area contributed by atoms with Gasteiger partial charge in [0.1, 0.15) is 5.82 Å². The highest BCUT2D eigenvalue weighted by Crippen LogP contribution is 2.23. The lowest BCUT2D eigenvalue weighted by molar-refractivity contribution is 0.0883. The van der Waals surface area contributed by atoms with Crippen molar-refractivity contribution in [2.75, 3.05) is 18.4 Å². The Morgan fingerprint density at radius 2 is 2.33 bits per heavy atom. The molecule has 2 N–H and O–H groups in total. The molecule has 2 rings (SSSR count). The molecule has 1 heterocycles. The van der Waals surface area contributed by atoms with E-state index in [2.05, 4.69) is 21.2 Å². The van der Waals surface area contributed by atoms with Crippen LogP contribution in [0, 0.1) is 5.82 Å². The second-order valence-corrected chi connectivity index (χ2v) is 5.15. The summed E-state index contributed by atoms with van der Waals surface area (Å²) in [5, 5.41) is 12.2. The zero-order valence-corrected chi connectivity index (χ0v) is 11.3. The number of nitrogens with zero attached hydrogens (tertiary/aromatic N) is 1. The minimum atomic E-state index is -0.457. The molecule has 1 unspecified atom stereocenters. The predicted octanol–water partition coefficient (Wildman–Crippen LogP) is 2.58. The van der Waals surface area contributed by atoms with E-state index >= 15 is 0 Å². The Kier molecular flexibility index (Phi) is 4.19. The van der Waals surface area contributed by atoms with Gasteiger partial charge in [0.2, 0.25) is 0 Å². The van der Waals surface area contributed by atoms with Crippen LogP contribution in [0.5, 0.6) is 0 Å². The van der Waals surface area contributed by atoms with Crippen LogP contribution in [0.3, 0.4) is 0 Å². The molecule has 98 valence electrons. The smallest absolute Gasteiger partial charge is 0.321 e. The van der Waals surface area contributed by atoms with Crippen LogP contribution < -0.4 is 5.32 Å². The Morgan fingerprint density at radius 3 is 3.00 bits per heavy atom. The Balaban J connectivity index is 2.02. The Bertz CT molecular complexity index is 456. The SMILES string of the molecule is O=C(Nc1ccc(F)cc1Br)N1CCCC(O)C1. The molecule has 1 aromatic carbocycles. The first-order valence-corrected chi connectivity index (χ1v) is 6.54. The molecule has 0 spiro atoms. The van der Waals surface area contributed by atoms with Crippen LogP contribution in [0.25, 0.3) is 0 Å². The van der Waals surface area contributed by atoms with Gasteiger partial charge in [0, 0.05) is 17.6 Å². The predicted molar refractivity (Wildman–Crippen MR) is 69.9 cm³/mol. The van der Waals surface area contributed by atoms with Crippen molar-refractivity contribution in [3.63, 3.8) is 0 Å². The molecule has 1 aromatic rings.